The van der Waals surface area contributed by atoms with Crippen LogP contribution in [-0.4, -0.2) is 16.6 Å². The predicted octanol–water partition coefficient (Wildman–Crippen LogP) is 3.84. The van der Waals surface area contributed by atoms with Crippen LogP contribution in [0.4, 0.5) is 0 Å². The van der Waals surface area contributed by atoms with Gasteiger partial charge in [-0.1, -0.05) is 13.0 Å². The Morgan fingerprint density at radius 1 is 1.35 bits per heavy atom. The van der Waals surface area contributed by atoms with Gasteiger partial charge in [0.1, 0.15) is 11.6 Å². The van der Waals surface area contributed by atoms with Gasteiger partial charge in [0.25, 0.3) is 5.22 Å². The number of amidine groups is 1. The maximum absolute atomic E-state index is 7.81. The van der Waals surface area contributed by atoms with E-state index in [1.165, 1.54) is 11.8 Å². The average Bonchev–Trinajstić information content (AvgIpc) is 2.68. The lowest BCUT2D eigenvalue weighted by molar-refractivity contribution is 0.431. The van der Waals surface area contributed by atoms with Crippen LogP contribution in [0, 0.1) is 19.3 Å². The second-order valence-corrected chi connectivity index (χ2v) is 6.50. The summed E-state index contributed by atoms with van der Waals surface area (Å²) in [5.74, 6) is 1.83. The highest BCUT2D eigenvalue weighted by molar-refractivity contribution is 8.00. The van der Waals surface area contributed by atoms with Gasteiger partial charge in [-0.25, -0.2) is 4.98 Å². The number of aryl methyl sites for hydroxylation is 2. The Morgan fingerprint density at radius 3 is 2.60 bits per heavy atom. The van der Waals surface area contributed by atoms with Gasteiger partial charge >= 0.3 is 0 Å². The van der Waals surface area contributed by atoms with Crippen LogP contribution < -0.4 is 5.73 Å². The Labute approximate surface area is 127 Å². The van der Waals surface area contributed by atoms with Crippen LogP contribution >= 0.6 is 23.5 Å². The van der Waals surface area contributed by atoms with Crippen molar-refractivity contribution in [3.8, 4) is 0 Å². The summed E-state index contributed by atoms with van der Waals surface area (Å²) in [6.07, 6.45) is 0. The minimum atomic E-state index is 0.0732. The first-order valence-corrected chi connectivity index (χ1v) is 8.05. The number of nitrogens with one attached hydrogen (secondary N) is 1. The molecule has 0 fully saturated rings. The van der Waals surface area contributed by atoms with E-state index in [0.29, 0.717) is 5.22 Å². The number of oxazole rings is 1. The van der Waals surface area contributed by atoms with E-state index in [4.69, 9.17) is 15.6 Å². The number of nitrogens with two attached hydrogens (primary N) is 1. The zero-order valence-corrected chi connectivity index (χ0v) is 13.3. The molecule has 106 valence electrons. The second kappa shape index (κ2) is 6.37. The molecule has 0 amide bonds. The normalized spacial score (nSPS) is 10.8. The van der Waals surface area contributed by atoms with Gasteiger partial charge in [0, 0.05) is 15.4 Å². The maximum Gasteiger partial charge on any atom is 0.261 e. The molecule has 1 aromatic heterocycles. The van der Waals surface area contributed by atoms with Gasteiger partial charge in [-0.3, -0.25) is 5.41 Å². The molecule has 2 aromatic rings. The minimum absolute atomic E-state index is 0.0732. The lowest BCUT2D eigenvalue weighted by Crippen LogP contribution is -2.13. The molecule has 6 heteroatoms. The highest BCUT2D eigenvalue weighted by Crippen LogP contribution is 2.35. The van der Waals surface area contributed by atoms with Crippen LogP contribution in [0.25, 0.3) is 0 Å². The smallest absolute Gasteiger partial charge is 0.261 e. The van der Waals surface area contributed by atoms with Crippen molar-refractivity contribution < 1.29 is 4.42 Å². The molecule has 0 atom stereocenters. The molecule has 0 radical (unpaired) electrons. The van der Waals surface area contributed by atoms with E-state index in [-0.39, 0.29) is 5.84 Å². The van der Waals surface area contributed by atoms with Gasteiger partial charge in [-0.15, -0.1) is 11.8 Å². The first-order valence-electron chi connectivity index (χ1n) is 6.25. The van der Waals surface area contributed by atoms with Crippen LogP contribution in [0.15, 0.2) is 37.6 Å². The summed E-state index contributed by atoms with van der Waals surface area (Å²) >= 11 is 3.08. The van der Waals surface area contributed by atoms with Crippen molar-refractivity contribution in [2.24, 2.45) is 5.73 Å². The molecule has 1 aromatic carbocycles. The van der Waals surface area contributed by atoms with E-state index in [0.717, 1.165) is 32.6 Å². The van der Waals surface area contributed by atoms with Crippen LogP contribution in [0.3, 0.4) is 0 Å². The molecule has 0 bridgehead atoms. The zero-order valence-electron chi connectivity index (χ0n) is 11.7. The Morgan fingerprint density at radius 2 is 2.05 bits per heavy atom. The van der Waals surface area contributed by atoms with Gasteiger partial charge in [0.15, 0.2) is 0 Å². The Balaban J connectivity index is 2.40. The fraction of sp³-hybridized carbons (Fsp3) is 0.286. The van der Waals surface area contributed by atoms with Crippen LogP contribution in [0.1, 0.15) is 23.9 Å². The summed E-state index contributed by atoms with van der Waals surface area (Å²) in [5.41, 5.74) is 7.39. The highest BCUT2D eigenvalue weighted by Gasteiger charge is 2.15. The quantitative estimate of drug-likeness (QED) is 0.498. The molecule has 0 aliphatic rings. The fourth-order valence-electron chi connectivity index (χ4n) is 1.72. The molecule has 0 saturated carbocycles. The fourth-order valence-corrected chi connectivity index (χ4v) is 3.64. The SMILES string of the molecule is CCSc1cccc(Sc2nc(C)c(C)o2)c1C(=N)N. The van der Waals surface area contributed by atoms with E-state index >= 15 is 0 Å². The van der Waals surface area contributed by atoms with Gasteiger partial charge < -0.3 is 10.2 Å². The van der Waals surface area contributed by atoms with Gasteiger partial charge in [-0.2, -0.15) is 0 Å². The van der Waals surface area contributed by atoms with Crippen LogP contribution in [0.5, 0.6) is 0 Å². The van der Waals surface area contributed by atoms with Crippen molar-refractivity contribution in [2.45, 2.75) is 35.8 Å². The summed E-state index contributed by atoms with van der Waals surface area (Å²) in [4.78, 5) is 6.28. The molecule has 20 heavy (non-hydrogen) atoms. The number of aromatic nitrogens is 1. The van der Waals surface area contributed by atoms with Gasteiger partial charge in [-0.05, 0) is 43.5 Å². The average molecular weight is 307 g/mol. The van der Waals surface area contributed by atoms with Crippen molar-refractivity contribution in [3.63, 3.8) is 0 Å². The van der Waals surface area contributed by atoms with E-state index in [1.54, 1.807) is 11.8 Å². The topological polar surface area (TPSA) is 75.9 Å². The van der Waals surface area contributed by atoms with Gasteiger partial charge in [0.2, 0.25) is 0 Å². The Hall–Kier alpha value is -1.40. The van der Waals surface area contributed by atoms with E-state index in [9.17, 15) is 0 Å². The minimum Gasteiger partial charge on any atom is -0.436 e. The van der Waals surface area contributed by atoms with Crippen molar-refractivity contribution in [2.75, 3.05) is 5.75 Å². The molecule has 0 spiro atoms. The van der Waals surface area contributed by atoms with Crippen LogP contribution in [-0.2, 0) is 0 Å². The number of thioether (sulfide) groups is 1. The lowest BCUT2D eigenvalue weighted by Gasteiger charge is -2.11. The van der Waals surface area contributed by atoms with Crippen LogP contribution in [0.2, 0.25) is 0 Å². The number of nitrogens with zero attached hydrogens (tertiary/aromatic N) is 1. The molecule has 0 aliphatic heterocycles. The van der Waals surface area contributed by atoms with Crippen molar-refractivity contribution >= 4 is 29.4 Å². The lowest BCUT2D eigenvalue weighted by atomic mass is 10.2. The summed E-state index contributed by atoms with van der Waals surface area (Å²) in [6, 6.07) is 5.90. The second-order valence-electron chi connectivity index (χ2n) is 4.20. The van der Waals surface area contributed by atoms with E-state index in [2.05, 4.69) is 11.9 Å². The molecule has 0 saturated heterocycles. The largest absolute Gasteiger partial charge is 0.436 e. The van der Waals surface area contributed by atoms with Gasteiger partial charge in [0.05, 0.1) is 5.69 Å². The molecule has 2 rings (SSSR count). The molecule has 3 N–H and O–H groups in total. The Kier molecular flexibility index (Phi) is 4.77. The first-order chi connectivity index (χ1) is 9.52. The molecular weight excluding hydrogens is 290 g/mol. The molecule has 0 unspecified atom stereocenters. The summed E-state index contributed by atoms with van der Waals surface area (Å²) in [5, 5.41) is 8.39. The first kappa shape index (κ1) is 15.0. The zero-order chi connectivity index (χ0) is 14.7. The molecular formula is C14H17N3OS2. The van der Waals surface area contributed by atoms with E-state index in [1.807, 2.05) is 32.0 Å². The van der Waals surface area contributed by atoms with Crippen molar-refractivity contribution in [3.05, 3.63) is 35.2 Å². The number of benzene rings is 1. The number of rotatable bonds is 5. The predicted molar refractivity (Wildman–Crippen MR) is 84.0 cm³/mol. The third kappa shape index (κ3) is 3.19. The third-order valence-electron chi connectivity index (χ3n) is 2.76. The number of hydrogen-bond donors (Lipinski definition) is 2. The van der Waals surface area contributed by atoms with E-state index < -0.39 is 0 Å². The number of hydrogen-bond acceptors (Lipinski definition) is 5. The van der Waals surface area contributed by atoms with Crippen molar-refractivity contribution in [1.29, 1.82) is 5.41 Å². The maximum atomic E-state index is 7.81. The summed E-state index contributed by atoms with van der Waals surface area (Å²) in [6.45, 7) is 5.88. The third-order valence-corrected chi connectivity index (χ3v) is 4.61. The Bertz CT molecular complexity index is 618. The highest BCUT2D eigenvalue weighted by atomic mass is 32.2. The molecule has 0 aliphatic carbocycles. The standard InChI is InChI=1S/C14H17N3OS2/c1-4-19-10-6-5-7-11(12(10)13(15)16)20-14-17-8(2)9(3)18-14/h5-7H,4H2,1-3H3,(H3,15,16). The molecule has 1 heterocycles. The van der Waals surface area contributed by atoms with Crippen molar-refractivity contribution in [1.82, 2.24) is 4.98 Å². The summed E-state index contributed by atoms with van der Waals surface area (Å²) < 4.78 is 5.59. The molecule has 4 nitrogen and oxygen atoms in total. The monoisotopic (exact) mass is 307 g/mol. The number of nitrogen functional groups attached to an aromatic ring is 1. The summed E-state index contributed by atoms with van der Waals surface area (Å²) in [7, 11) is 0.